The van der Waals surface area contributed by atoms with Crippen LogP contribution in [0.3, 0.4) is 0 Å². The molecule has 0 unspecified atom stereocenters. The zero-order valence-corrected chi connectivity index (χ0v) is 33.2. The van der Waals surface area contributed by atoms with Crippen LogP contribution in [0.2, 0.25) is 0 Å². The fourth-order valence-electron chi connectivity index (χ4n) is 8.00. The van der Waals surface area contributed by atoms with Crippen LogP contribution in [0.25, 0.3) is 10.9 Å². The SMILES string of the molecule is O=S(=O)(c1ccccc1)n1ccc2cc3c(cc21)[C@]1(OC3)O[C@H](COCc2ccccc2)[C@@H](OCc2ccccc2)[C@H](OCc2ccccc2)[C@H]1OCc1ccccc1. The summed E-state index contributed by atoms with van der Waals surface area (Å²) in [4.78, 5) is 0.186. The molecule has 0 bridgehead atoms. The van der Waals surface area contributed by atoms with Gasteiger partial charge in [0.25, 0.3) is 10.0 Å². The highest BCUT2D eigenvalue weighted by molar-refractivity contribution is 7.90. The molecule has 6 aromatic carbocycles. The van der Waals surface area contributed by atoms with Crippen molar-refractivity contribution in [2.75, 3.05) is 6.61 Å². The van der Waals surface area contributed by atoms with Crippen LogP contribution in [0.15, 0.2) is 181 Å². The van der Waals surface area contributed by atoms with Gasteiger partial charge in [0.2, 0.25) is 5.79 Å². The second-order valence-electron chi connectivity index (χ2n) is 14.9. The van der Waals surface area contributed by atoms with Crippen LogP contribution < -0.4 is 0 Å². The van der Waals surface area contributed by atoms with Gasteiger partial charge in [-0.15, -0.1) is 0 Å². The Hall–Kier alpha value is -5.43. The van der Waals surface area contributed by atoms with E-state index >= 15 is 0 Å². The molecule has 1 saturated heterocycles. The molecule has 7 aromatic rings. The first-order valence-corrected chi connectivity index (χ1v) is 21.3. The zero-order valence-electron chi connectivity index (χ0n) is 32.4. The van der Waals surface area contributed by atoms with Crippen LogP contribution in [-0.4, -0.2) is 43.4 Å². The Morgan fingerprint density at radius 2 is 1.10 bits per heavy atom. The lowest BCUT2D eigenvalue weighted by Gasteiger charge is -2.51. The van der Waals surface area contributed by atoms with Crippen LogP contribution in [0.5, 0.6) is 0 Å². The monoisotopic (exact) mass is 807 g/mol. The van der Waals surface area contributed by atoms with Gasteiger partial charge in [-0.1, -0.05) is 140 Å². The third-order valence-corrected chi connectivity index (χ3v) is 12.6. The number of hydrogen-bond donors (Lipinski definition) is 0. The summed E-state index contributed by atoms with van der Waals surface area (Å²) >= 11 is 0. The average Bonchev–Trinajstić information content (AvgIpc) is 3.87. The Kier molecular flexibility index (Phi) is 11.5. The number of benzene rings is 6. The lowest BCUT2D eigenvalue weighted by molar-refractivity contribution is -0.387. The molecular weight excluding hydrogens is 763 g/mol. The van der Waals surface area contributed by atoms with E-state index in [-0.39, 0.29) is 37.9 Å². The summed E-state index contributed by atoms with van der Waals surface area (Å²) < 4.78 is 71.1. The lowest BCUT2D eigenvalue weighted by atomic mass is 9.86. The molecule has 0 N–H and O–H groups in total. The second kappa shape index (κ2) is 17.4. The summed E-state index contributed by atoms with van der Waals surface area (Å²) in [5, 5.41) is 0.755. The average molecular weight is 808 g/mol. The highest BCUT2D eigenvalue weighted by Gasteiger charge is 2.61. The van der Waals surface area contributed by atoms with Gasteiger partial charge in [-0.2, -0.15) is 0 Å². The fraction of sp³-hybridized carbons (Fsp3) is 0.224. The van der Waals surface area contributed by atoms with Crippen molar-refractivity contribution in [2.24, 2.45) is 0 Å². The maximum atomic E-state index is 14.1. The molecule has 0 saturated carbocycles. The van der Waals surface area contributed by atoms with E-state index in [0.717, 1.165) is 33.2 Å². The van der Waals surface area contributed by atoms with Crippen molar-refractivity contribution in [1.82, 2.24) is 3.97 Å². The minimum absolute atomic E-state index is 0.145. The van der Waals surface area contributed by atoms with Crippen molar-refractivity contribution in [1.29, 1.82) is 0 Å². The van der Waals surface area contributed by atoms with E-state index in [1.165, 1.54) is 3.97 Å². The topological polar surface area (TPSA) is 94.5 Å². The van der Waals surface area contributed by atoms with E-state index in [4.69, 9.17) is 28.4 Å². The molecule has 0 aliphatic carbocycles. The van der Waals surface area contributed by atoms with Crippen molar-refractivity contribution in [3.8, 4) is 0 Å². The Morgan fingerprint density at radius 1 is 0.593 bits per heavy atom. The van der Waals surface area contributed by atoms with Gasteiger partial charge < -0.3 is 28.4 Å². The lowest BCUT2D eigenvalue weighted by Crippen LogP contribution is -2.65. The third kappa shape index (κ3) is 8.26. The standard InChI is InChI=1S/C49H45NO8S/c51-59(52,42-24-14-5-15-25-42)50-27-26-40-28-41-34-57-49(43(41)29-44(40)50)48(56-33-39-22-12-4-13-23-39)47(55-32-38-20-10-3-11-21-38)46(54-31-37-18-8-2-9-19-37)45(58-49)35-53-30-36-16-6-1-7-17-36/h1-29,45-48H,30-35H2/t45-,46-,47+,48-,49+/m1/s1. The van der Waals surface area contributed by atoms with Gasteiger partial charge in [0.15, 0.2) is 0 Å². The smallest absolute Gasteiger partial charge is 0.268 e. The van der Waals surface area contributed by atoms with Crippen molar-refractivity contribution in [3.05, 3.63) is 209 Å². The summed E-state index contributed by atoms with van der Waals surface area (Å²) in [5.74, 6) is -1.54. The van der Waals surface area contributed by atoms with E-state index in [1.54, 1.807) is 36.5 Å². The quantitative estimate of drug-likeness (QED) is 0.101. The zero-order chi connectivity index (χ0) is 40.1. The number of hydrogen-bond acceptors (Lipinski definition) is 8. The van der Waals surface area contributed by atoms with Crippen LogP contribution in [-0.2, 0) is 77.3 Å². The van der Waals surface area contributed by atoms with Crippen LogP contribution in [0.1, 0.15) is 33.4 Å². The largest absolute Gasteiger partial charge is 0.374 e. The minimum atomic E-state index is -3.94. The summed E-state index contributed by atoms with van der Waals surface area (Å²) in [7, 11) is -3.94. The summed E-state index contributed by atoms with van der Waals surface area (Å²) in [5.41, 5.74) is 5.95. The molecule has 3 heterocycles. The summed E-state index contributed by atoms with van der Waals surface area (Å²) in [6.07, 6.45) is -1.42. The first-order valence-electron chi connectivity index (χ1n) is 19.8. The van der Waals surface area contributed by atoms with E-state index in [9.17, 15) is 8.42 Å². The third-order valence-electron chi connectivity index (χ3n) is 10.9. The number of rotatable bonds is 15. The van der Waals surface area contributed by atoms with Gasteiger partial charge in [-0.05, 0) is 58.1 Å². The maximum Gasteiger partial charge on any atom is 0.268 e. The van der Waals surface area contributed by atoms with Crippen molar-refractivity contribution < 1.29 is 36.8 Å². The normalized spacial score (nSPS) is 21.5. The van der Waals surface area contributed by atoms with Crippen LogP contribution in [0.4, 0.5) is 0 Å². The second-order valence-corrected chi connectivity index (χ2v) is 16.7. The number of ether oxygens (including phenoxy) is 6. The number of fused-ring (bicyclic) bond motifs is 3. The molecule has 1 fully saturated rings. The Bertz CT molecular complexity index is 2560. The predicted molar refractivity (Wildman–Crippen MR) is 223 cm³/mol. The molecule has 300 valence electrons. The molecule has 1 aromatic heterocycles. The number of aromatic nitrogens is 1. The number of nitrogens with zero attached hydrogens (tertiary/aromatic N) is 1. The van der Waals surface area contributed by atoms with E-state index in [1.807, 2.05) is 140 Å². The van der Waals surface area contributed by atoms with Gasteiger partial charge >= 0.3 is 0 Å². The van der Waals surface area contributed by atoms with Crippen molar-refractivity contribution >= 4 is 20.9 Å². The molecule has 2 aliphatic rings. The highest BCUT2D eigenvalue weighted by atomic mass is 32.2. The molecule has 59 heavy (non-hydrogen) atoms. The Labute approximate surface area is 344 Å². The molecule has 9 nitrogen and oxygen atoms in total. The highest BCUT2D eigenvalue weighted by Crippen LogP contribution is 2.50. The summed E-state index contributed by atoms with van der Waals surface area (Å²) in [6, 6.07) is 54.0. The first kappa shape index (κ1) is 39.1. The molecule has 0 radical (unpaired) electrons. The molecule has 1 spiro atoms. The van der Waals surface area contributed by atoms with Crippen molar-refractivity contribution in [2.45, 2.75) is 68.1 Å². The molecule has 0 amide bonds. The van der Waals surface area contributed by atoms with Gasteiger partial charge in [-0.3, -0.25) is 0 Å². The molecular formula is C49H45NO8S. The van der Waals surface area contributed by atoms with Crippen LogP contribution >= 0.6 is 0 Å². The van der Waals surface area contributed by atoms with Crippen molar-refractivity contribution in [3.63, 3.8) is 0 Å². The molecule has 5 atom stereocenters. The van der Waals surface area contributed by atoms with E-state index in [2.05, 4.69) is 0 Å². The van der Waals surface area contributed by atoms with E-state index in [0.29, 0.717) is 17.7 Å². The molecule has 9 rings (SSSR count). The van der Waals surface area contributed by atoms with Crippen LogP contribution in [0, 0.1) is 0 Å². The van der Waals surface area contributed by atoms with Gasteiger partial charge in [0, 0.05) is 17.1 Å². The van der Waals surface area contributed by atoms with Gasteiger partial charge in [-0.25, -0.2) is 12.4 Å². The maximum absolute atomic E-state index is 14.1. The van der Waals surface area contributed by atoms with Gasteiger partial charge in [0.05, 0.1) is 50.1 Å². The first-order chi connectivity index (χ1) is 29.0. The Morgan fingerprint density at radius 3 is 1.68 bits per heavy atom. The Balaban J connectivity index is 1.17. The predicted octanol–water partition coefficient (Wildman–Crippen LogP) is 8.93. The summed E-state index contributed by atoms with van der Waals surface area (Å²) in [6.45, 7) is 1.47. The molecule has 2 aliphatic heterocycles. The van der Waals surface area contributed by atoms with E-state index < -0.39 is 40.2 Å². The molecule has 10 heteroatoms. The fourth-order valence-corrected chi connectivity index (χ4v) is 9.36. The van der Waals surface area contributed by atoms with Gasteiger partial charge in [0.1, 0.15) is 24.4 Å². The minimum Gasteiger partial charge on any atom is -0.374 e.